The number of aliphatic carboxylic acids is 1. The van der Waals surface area contributed by atoms with Crippen LogP contribution in [0.1, 0.15) is 78.1 Å². The van der Waals surface area contributed by atoms with E-state index in [0.717, 1.165) is 19.3 Å². The molecule has 0 aromatic rings. The Bertz CT molecular complexity index is 219. The maximum atomic E-state index is 10.4. The van der Waals surface area contributed by atoms with E-state index in [0.29, 0.717) is 6.42 Å². The SMILES string of the molecule is CC=C(CCCCCCCC)CCCC(=O)O. The van der Waals surface area contributed by atoms with Crippen molar-refractivity contribution < 1.29 is 9.90 Å². The Morgan fingerprint density at radius 3 is 2.12 bits per heavy atom. The number of carboxylic acid groups (broad SMARTS) is 1. The van der Waals surface area contributed by atoms with E-state index in [4.69, 9.17) is 5.11 Å². The van der Waals surface area contributed by atoms with Gasteiger partial charge in [0, 0.05) is 6.42 Å². The van der Waals surface area contributed by atoms with E-state index < -0.39 is 5.97 Å². The maximum Gasteiger partial charge on any atom is 0.303 e. The molecule has 0 rings (SSSR count). The quantitative estimate of drug-likeness (QED) is 0.410. The second kappa shape index (κ2) is 11.7. The fourth-order valence-electron chi connectivity index (χ4n) is 2.01. The summed E-state index contributed by atoms with van der Waals surface area (Å²) in [5.74, 6) is -0.681. The molecule has 0 heterocycles. The summed E-state index contributed by atoms with van der Waals surface area (Å²) in [5.41, 5.74) is 1.43. The van der Waals surface area contributed by atoms with Crippen LogP contribution in [0.2, 0.25) is 0 Å². The lowest BCUT2D eigenvalue weighted by Gasteiger charge is -2.06. The molecule has 0 saturated heterocycles. The van der Waals surface area contributed by atoms with Gasteiger partial charge in [-0.2, -0.15) is 0 Å². The lowest BCUT2D eigenvalue weighted by atomic mass is 10.0. The van der Waals surface area contributed by atoms with Crippen LogP contribution in [0.3, 0.4) is 0 Å². The normalized spacial score (nSPS) is 11.8. The summed E-state index contributed by atoms with van der Waals surface area (Å²) in [4.78, 5) is 10.4. The van der Waals surface area contributed by atoms with Crippen LogP contribution in [0.15, 0.2) is 11.6 Å². The number of carbonyl (C=O) groups is 1. The molecule has 0 aromatic carbocycles. The third-order valence-corrected chi connectivity index (χ3v) is 3.15. The van der Waals surface area contributed by atoms with Gasteiger partial charge >= 0.3 is 5.97 Å². The smallest absolute Gasteiger partial charge is 0.303 e. The molecule has 0 saturated carbocycles. The third-order valence-electron chi connectivity index (χ3n) is 3.15. The largest absolute Gasteiger partial charge is 0.481 e. The van der Waals surface area contributed by atoms with E-state index in [1.807, 2.05) is 0 Å². The standard InChI is InChI=1S/C15H28O2/c1-3-5-6-7-8-9-11-14(4-2)12-10-13-15(16)17/h4H,3,5-13H2,1-2H3,(H,16,17). The highest BCUT2D eigenvalue weighted by atomic mass is 16.4. The summed E-state index contributed by atoms with van der Waals surface area (Å²) in [5, 5.41) is 8.58. The number of allylic oxidation sites excluding steroid dienone is 2. The first-order valence-corrected chi connectivity index (χ1v) is 7.06. The van der Waals surface area contributed by atoms with Crippen molar-refractivity contribution in [3.8, 4) is 0 Å². The molecule has 0 fully saturated rings. The van der Waals surface area contributed by atoms with Crippen molar-refractivity contribution in [2.45, 2.75) is 78.1 Å². The van der Waals surface area contributed by atoms with Crippen LogP contribution in [-0.4, -0.2) is 11.1 Å². The fourth-order valence-corrected chi connectivity index (χ4v) is 2.01. The second-order valence-electron chi connectivity index (χ2n) is 4.71. The van der Waals surface area contributed by atoms with Gasteiger partial charge < -0.3 is 5.11 Å². The van der Waals surface area contributed by atoms with E-state index in [1.54, 1.807) is 0 Å². The maximum absolute atomic E-state index is 10.4. The third kappa shape index (κ3) is 11.5. The number of carboxylic acids is 1. The van der Waals surface area contributed by atoms with Gasteiger partial charge in [-0.1, -0.05) is 50.7 Å². The molecule has 0 radical (unpaired) electrons. The highest BCUT2D eigenvalue weighted by Crippen LogP contribution is 2.16. The molecule has 0 aliphatic heterocycles. The van der Waals surface area contributed by atoms with Crippen LogP contribution < -0.4 is 0 Å². The highest BCUT2D eigenvalue weighted by molar-refractivity contribution is 5.66. The van der Waals surface area contributed by atoms with Crippen LogP contribution in [0.5, 0.6) is 0 Å². The predicted molar refractivity (Wildman–Crippen MR) is 73.2 cm³/mol. The van der Waals surface area contributed by atoms with E-state index in [1.165, 1.54) is 44.1 Å². The lowest BCUT2D eigenvalue weighted by molar-refractivity contribution is -0.137. The van der Waals surface area contributed by atoms with Crippen LogP contribution in [0.4, 0.5) is 0 Å². The molecule has 0 unspecified atom stereocenters. The average Bonchev–Trinajstić information content (AvgIpc) is 2.30. The summed E-state index contributed by atoms with van der Waals surface area (Å²) in [6.07, 6.45) is 13.3. The zero-order valence-corrected chi connectivity index (χ0v) is 11.5. The molecule has 0 aromatic heterocycles. The molecule has 0 amide bonds. The van der Waals surface area contributed by atoms with Gasteiger partial charge in [0.2, 0.25) is 0 Å². The first kappa shape index (κ1) is 16.2. The molecule has 2 heteroatoms. The van der Waals surface area contributed by atoms with Crippen molar-refractivity contribution in [1.82, 2.24) is 0 Å². The van der Waals surface area contributed by atoms with Crippen molar-refractivity contribution in [1.29, 1.82) is 0 Å². The van der Waals surface area contributed by atoms with Gasteiger partial charge in [-0.15, -0.1) is 0 Å². The van der Waals surface area contributed by atoms with Gasteiger partial charge in [0.05, 0.1) is 0 Å². The summed E-state index contributed by atoms with van der Waals surface area (Å²) >= 11 is 0. The van der Waals surface area contributed by atoms with E-state index in [2.05, 4.69) is 19.9 Å². The van der Waals surface area contributed by atoms with Crippen molar-refractivity contribution in [2.24, 2.45) is 0 Å². The first-order chi connectivity index (χ1) is 8.20. The average molecular weight is 240 g/mol. The summed E-state index contributed by atoms with van der Waals surface area (Å²) in [6, 6.07) is 0. The Kier molecular flexibility index (Phi) is 11.1. The molecule has 0 aliphatic rings. The highest BCUT2D eigenvalue weighted by Gasteiger charge is 2.00. The zero-order chi connectivity index (χ0) is 12.9. The number of rotatable bonds is 11. The Morgan fingerprint density at radius 1 is 0.941 bits per heavy atom. The number of hydrogen-bond donors (Lipinski definition) is 1. The van der Waals surface area contributed by atoms with Gasteiger partial charge in [-0.25, -0.2) is 0 Å². The van der Waals surface area contributed by atoms with Crippen LogP contribution in [0, 0.1) is 0 Å². The minimum Gasteiger partial charge on any atom is -0.481 e. The van der Waals surface area contributed by atoms with Crippen molar-refractivity contribution in [3.05, 3.63) is 11.6 Å². The van der Waals surface area contributed by atoms with Gasteiger partial charge in [0.25, 0.3) is 0 Å². The molecule has 0 bridgehead atoms. The summed E-state index contributed by atoms with van der Waals surface area (Å²) in [7, 11) is 0. The van der Waals surface area contributed by atoms with Crippen LogP contribution in [-0.2, 0) is 4.79 Å². The van der Waals surface area contributed by atoms with E-state index in [9.17, 15) is 4.79 Å². The fraction of sp³-hybridized carbons (Fsp3) is 0.800. The van der Waals surface area contributed by atoms with Crippen molar-refractivity contribution in [2.75, 3.05) is 0 Å². The lowest BCUT2D eigenvalue weighted by Crippen LogP contribution is -1.95. The first-order valence-electron chi connectivity index (χ1n) is 7.06. The van der Waals surface area contributed by atoms with Crippen molar-refractivity contribution in [3.63, 3.8) is 0 Å². The Balaban J connectivity index is 3.45. The van der Waals surface area contributed by atoms with Crippen LogP contribution >= 0.6 is 0 Å². The topological polar surface area (TPSA) is 37.3 Å². The number of unbranched alkanes of at least 4 members (excludes halogenated alkanes) is 5. The van der Waals surface area contributed by atoms with E-state index in [-0.39, 0.29) is 0 Å². The molecular formula is C15H28O2. The Morgan fingerprint density at radius 2 is 1.53 bits per heavy atom. The second-order valence-corrected chi connectivity index (χ2v) is 4.71. The van der Waals surface area contributed by atoms with E-state index >= 15 is 0 Å². The minimum atomic E-state index is -0.681. The molecule has 0 spiro atoms. The molecule has 0 atom stereocenters. The Labute approximate surface area is 106 Å². The van der Waals surface area contributed by atoms with Gasteiger partial charge in [0.15, 0.2) is 0 Å². The zero-order valence-electron chi connectivity index (χ0n) is 11.5. The molecule has 100 valence electrons. The monoisotopic (exact) mass is 240 g/mol. The molecular weight excluding hydrogens is 212 g/mol. The minimum absolute atomic E-state index is 0.299. The number of hydrogen-bond acceptors (Lipinski definition) is 1. The molecule has 17 heavy (non-hydrogen) atoms. The van der Waals surface area contributed by atoms with Gasteiger partial charge in [0.1, 0.15) is 0 Å². The summed E-state index contributed by atoms with van der Waals surface area (Å²) in [6.45, 7) is 4.30. The van der Waals surface area contributed by atoms with Crippen molar-refractivity contribution >= 4 is 5.97 Å². The molecule has 2 nitrogen and oxygen atoms in total. The van der Waals surface area contributed by atoms with Gasteiger partial charge in [-0.3, -0.25) is 4.79 Å². The Hall–Kier alpha value is -0.790. The summed E-state index contributed by atoms with van der Waals surface area (Å²) < 4.78 is 0. The predicted octanol–water partition coefficient (Wildman–Crippen LogP) is 4.94. The van der Waals surface area contributed by atoms with Gasteiger partial charge in [-0.05, 0) is 32.6 Å². The molecule has 1 N–H and O–H groups in total. The molecule has 0 aliphatic carbocycles. The van der Waals surface area contributed by atoms with Crippen LogP contribution in [0.25, 0.3) is 0 Å².